The molecule has 0 bridgehead atoms. The van der Waals surface area contributed by atoms with Crippen molar-refractivity contribution < 1.29 is 13.6 Å². The first-order chi connectivity index (χ1) is 7.50. The van der Waals surface area contributed by atoms with E-state index in [9.17, 15) is 13.6 Å². The first-order valence-electron chi connectivity index (χ1n) is 4.47. The lowest BCUT2D eigenvalue weighted by Crippen LogP contribution is -2.28. The van der Waals surface area contributed by atoms with Crippen LogP contribution < -0.4 is 11.1 Å². The van der Waals surface area contributed by atoms with Gasteiger partial charge in [0.2, 0.25) is 0 Å². The van der Waals surface area contributed by atoms with Gasteiger partial charge in [-0.15, -0.1) is 0 Å². The maximum atomic E-state index is 11.9. The SMILES string of the molecule is NC(=S)c1cccc(C(=O)NCC(F)F)c1. The van der Waals surface area contributed by atoms with Crippen LogP contribution in [-0.4, -0.2) is 23.9 Å². The number of carbonyl (C=O) groups is 1. The van der Waals surface area contributed by atoms with Crippen LogP contribution >= 0.6 is 12.2 Å². The van der Waals surface area contributed by atoms with E-state index in [0.717, 1.165) is 0 Å². The standard InChI is InChI=1S/C10H10F2N2OS/c11-8(12)5-14-10(15)7-3-1-2-6(4-7)9(13)16/h1-4,8H,5H2,(H2,13,16)(H,14,15). The van der Waals surface area contributed by atoms with E-state index < -0.39 is 18.9 Å². The third kappa shape index (κ3) is 3.54. The van der Waals surface area contributed by atoms with Gasteiger partial charge in [-0.25, -0.2) is 8.78 Å². The number of rotatable bonds is 4. The van der Waals surface area contributed by atoms with E-state index in [4.69, 9.17) is 18.0 Å². The lowest BCUT2D eigenvalue weighted by atomic mass is 10.1. The third-order valence-corrected chi connectivity index (χ3v) is 2.06. The van der Waals surface area contributed by atoms with Crippen molar-refractivity contribution in [2.24, 2.45) is 5.73 Å². The molecule has 1 aromatic carbocycles. The minimum absolute atomic E-state index is 0.156. The summed E-state index contributed by atoms with van der Waals surface area (Å²) >= 11 is 4.74. The second-order valence-electron chi connectivity index (χ2n) is 3.05. The average Bonchev–Trinajstić information content (AvgIpc) is 2.26. The van der Waals surface area contributed by atoms with Crippen LogP contribution in [0.3, 0.4) is 0 Å². The predicted molar refractivity (Wildman–Crippen MR) is 60.7 cm³/mol. The molecule has 16 heavy (non-hydrogen) atoms. The monoisotopic (exact) mass is 244 g/mol. The molecule has 0 atom stereocenters. The van der Waals surface area contributed by atoms with Crippen molar-refractivity contribution in [3.8, 4) is 0 Å². The number of carbonyl (C=O) groups excluding carboxylic acids is 1. The van der Waals surface area contributed by atoms with Gasteiger partial charge >= 0.3 is 0 Å². The van der Waals surface area contributed by atoms with Crippen LogP contribution in [0, 0.1) is 0 Å². The van der Waals surface area contributed by atoms with E-state index in [0.29, 0.717) is 5.56 Å². The summed E-state index contributed by atoms with van der Waals surface area (Å²) in [6, 6.07) is 6.20. The van der Waals surface area contributed by atoms with E-state index >= 15 is 0 Å². The average molecular weight is 244 g/mol. The molecule has 0 heterocycles. The molecule has 0 aliphatic heterocycles. The van der Waals surface area contributed by atoms with Crippen LogP contribution in [0.1, 0.15) is 15.9 Å². The first-order valence-corrected chi connectivity index (χ1v) is 4.87. The molecule has 1 aromatic rings. The zero-order valence-corrected chi connectivity index (χ0v) is 9.06. The van der Waals surface area contributed by atoms with Crippen LogP contribution in [0.4, 0.5) is 8.78 Å². The largest absolute Gasteiger partial charge is 0.389 e. The van der Waals surface area contributed by atoms with Crippen molar-refractivity contribution in [3.05, 3.63) is 35.4 Å². The Morgan fingerprint density at radius 1 is 1.44 bits per heavy atom. The van der Waals surface area contributed by atoms with Gasteiger partial charge in [0, 0.05) is 11.1 Å². The Labute approximate surface area is 96.6 Å². The second-order valence-corrected chi connectivity index (χ2v) is 3.49. The maximum Gasteiger partial charge on any atom is 0.255 e. The van der Waals surface area contributed by atoms with Gasteiger partial charge in [-0.1, -0.05) is 24.4 Å². The Morgan fingerprint density at radius 2 is 2.06 bits per heavy atom. The summed E-state index contributed by atoms with van der Waals surface area (Å²) in [6.07, 6.45) is -2.57. The fraction of sp³-hybridized carbons (Fsp3) is 0.200. The highest BCUT2D eigenvalue weighted by atomic mass is 32.1. The topological polar surface area (TPSA) is 55.1 Å². The Balaban J connectivity index is 2.76. The van der Waals surface area contributed by atoms with Crippen molar-refractivity contribution in [2.75, 3.05) is 6.54 Å². The van der Waals surface area contributed by atoms with E-state index in [1.54, 1.807) is 12.1 Å². The van der Waals surface area contributed by atoms with Crippen molar-refractivity contribution >= 4 is 23.1 Å². The Morgan fingerprint density at radius 3 is 2.62 bits per heavy atom. The number of nitrogens with one attached hydrogen (secondary N) is 1. The molecule has 0 unspecified atom stereocenters. The first kappa shape index (κ1) is 12.5. The number of halogens is 2. The minimum Gasteiger partial charge on any atom is -0.389 e. The van der Waals surface area contributed by atoms with Crippen molar-refractivity contribution in [3.63, 3.8) is 0 Å². The van der Waals surface area contributed by atoms with Gasteiger partial charge in [-0.05, 0) is 12.1 Å². The van der Waals surface area contributed by atoms with Crippen molar-refractivity contribution in [2.45, 2.75) is 6.43 Å². The van der Waals surface area contributed by atoms with Crippen LogP contribution in [0.2, 0.25) is 0 Å². The fourth-order valence-electron chi connectivity index (χ4n) is 1.09. The normalized spacial score (nSPS) is 10.2. The molecule has 86 valence electrons. The molecule has 0 saturated carbocycles. The molecule has 6 heteroatoms. The van der Waals surface area contributed by atoms with Gasteiger partial charge in [0.05, 0.1) is 6.54 Å². The van der Waals surface area contributed by atoms with Crippen LogP contribution in [-0.2, 0) is 0 Å². The molecule has 1 rings (SSSR count). The zero-order chi connectivity index (χ0) is 12.1. The summed E-state index contributed by atoms with van der Waals surface area (Å²) in [5.41, 5.74) is 6.17. The summed E-state index contributed by atoms with van der Waals surface area (Å²) in [6.45, 7) is -0.671. The third-order valence-electron chi connectivity index (χ3n) is 1.83. The van der Waals surface area contributed by atoms with Crippen molar-refractivity contribution in [1.29, 1.82) is 0 Å². The Bertz CT molecular complexity index is 410. The summed E-state index contributed by atoms with van der Waals surface area (Å²) in [7, 11) is 0. The molecule has 0 saturated heterocycles. The number of hydrogen-bond acceptors (Lipinski definition) is 2. The molecule has 1 amide bonds. The Hall–Kier alpha value is -1.56. The predicted octanol–water partition coefficient (Wildman–Crippen LogP) is 1.32. The Kier molecular flexibility index (Phi) is 4.30. The highest BCUT2D eigenvalue weighted by Crippen LogP contribution is 2.05. The number of alkyl halides is 2. The molecular weight excluding hydrogens is 234 g/mol. The molecule has 0 radical (unpaired) electrons. The number of thiocarbonyl (C=S) groups is 1. The molecular formula is C10H10F2N2OS. The van der Waals surface area contributed by atoms with Crippen molar-refractivity contribution in [1.82, 2.24) is 5.32 Å². The van der Waals surface area contributed by atoms with Gasteiger partial charge < -0.3 is 11.1 Å². The van der Waals surface area contributed by atoms with Gasteiger partial charge in [0.25, 0.3) is 12.3 Å². The molecule has 0 aliphatic carbocycles. The van der Waals surface area contributed by atoms with E-state index in [1.807, 2.05) is 0 Å². The van der Waals surface area contributed by atoms with Gasteiger partial charge in [-0.3, -0.25) is 4.79 Å². The van der Waals surface area contributed by atoms with E-state index in [1.165, 1.54) is 12.1 Å². The fourth-order valence-corrected chi connectivity index (χ4v) is 1.21. The second kappa shape index (κ2) is 5.50. The minimum atomic E-state index is -2.57. The molecule has 3 nitrogen and oxygen atoms in total. The highest BCUT2D eigenvalue weighted by Gasteiger charge is 2.09. The highest BCUT2D eigenvalue weighted by molar-refractivity contribution is 7.80. The summed E-state index contributed by atoms with van der Waals surface area (Å²) in [5.74, 6) is -0.571. The van der Waals surface area contributed by atoms with Gasteiger partial charge in [0.15, 0.2) is 0 Å². The molecule has 0 spiro atoms. The smallest absolute Gasteiger partial charge is 0.255 e. The lowest BCUT2D eigenvalue weighted by molar-refractivity contribution is 0.0891. The lowest BCUT2D eigenvalue weighted by Gasteiger charge is -2.05. The molecule has 0 aromatic heterocycles. The summed E-state index contributed by atoms with van der Waals surface area (Å²) < 4.78 is 23.7. The van der Waals surface area contributed by atoms with Crippen LogP contribution in [0.15, 0.2) is 24.3 Å². The number of nitrogens with two attached hydrogens (primary N) is 1. The zero-order valence-electron chi connectivity index (χ0n) is 8.24. The molecule has 0 fully saturated rings. The number of amides is 1. The number of benzene rings is 1. The van der Waals surface area contributed by atoms with Crippen LogP contribution in [0.25, 0.3) is 0 Å². The van der Waals surface area contributed by atoms with Gasteiger partial charge in [-0.2, -0.15) is 0 Å². The maximum absolute atomic E-state index is 11.9. The van der Waals surface area contributed by atoms with E-state index in [2.05, 4.69) is 5.32 Å². The van der Waals surface area contributed by atoms with Gasteiger partial charge in [0.1, 0.15) is 4.99 Å². The number of hydrogen-bond donors (Lipinski definition) is 2. The quantitative estimate of drug-likeness (QED) is 0.785. The van der Waals surface area contributed by atoms with E-state index in [-0.39, 0.29) is 10.6 Å². The summed E-state index contributed by atoms with van der Waals surface area (Å²) in [5, 5.41) is 2.09. The molecule has 3 N–H and O–H groups in total. The molecule has 0 aliphatic rings. The van der Waals surface area contributed by atoms with Crippen LogP contribution in [0.5, 0.6) is 0 Å². The summed E-state index contributed by atoms with van der Waals surface area (Å²) in [4.78, 5) is 11.6.